The molecule has 0 bridgehead atoms. The highest BCUT2D eigenvalue weighted by Crippen LogP contribution is 2.44. The third-order valence-corrected chi connectivity index (χ3v) is 2.76. The minimum absolute atomic E-state index is 0.539. The van der Waals surface area contributed by atoms with E-state index in [2.05, 4.69) is 4.90 Å². The van der Waals surface area contributed by atoms with Gasteiger partial charge in [0.1, 0.15) is 6.67 Å². The van der Waals surface area contributed by atoms with E-state index in [0.29, 0.717) is 12.6 Å². The molecule has 64 valence electrons. The van der Waals surface area contributed by atoms with Gasteiger partial charge in [-0.1, -0.05) is 0 Å². The van der Waals surface area contributed by atoms with Gasteiger partial charge in [0.2, 0.25) is 0 Å². The average Bonchev–Trinajstić information content (AvgIpc) is 2.70. The van der Waals surface area contributed by atoms with E-state index in [-0.39, 0.29) is 0 Å². The zero-order chi connectivity index (χ0) is 7.84. The van der Waals surface area contributed by atoms with Crippen molar-refractivity contribution in [3.05, 3.63) is 0 Å². The van der Waals surface area contributed by atoms with Gasteiger partial charge in [0.25, 0.3) is 0 Å². The maximum atomic E-state index is 11.9. The van der Waals surface area contributed by atoms with Crippen LogP contribution in [0.3, 0.4) is 0 Å². The fourth-order valence-electron chi connectivity index (χ4n) is 2.03. The molecule has 0 aromatic heterocycles. The number of likely N-dealkylation sites (tertiary alicyclic amines) is 1. The standard InChI is InChI=1S/C8H14FNO/c9-4-7(11)5-10-2-1-6-3-8(6)10/h6-8,11H,1-5H2. The van der Waals surface area contributed by atoms with E-state index in [1.165, 1.54) is 12.8 Å². The number of hydrogen-bond donors (Lipinski definition) is 1. The molecule has 1 N–H and O–H groups in total. The monoisotopic (exact) mass is 159 g/mol. The molecule has 1 saturated carbocycles. The first-order valence-electron chi connectivity index (χ1n) is 4.29. The molecule has 0 aromatic carbocycles. The van der Waals surface area contributed by atoms with Crippen molar-refractivity contribution in [1.82, 2.24) is 4.90 Å². The Kier molecular flexibility index (Phi) is 1.85. The van der Waals surface area contributed by atoms with Gasteiger partial charge in [-0.2, -0.15) is 0 Å². The highest BCUT2D eigenvalue weighted by atomic mass is 19.1. The van der Waals surface area contributed by atoms with Gasteiger partial charge >= 0.3 is 0 Å². The van der Waals surface area contributed by atoms with E-state index in [9.17, 15) is 4.39 Å². The van der Waals surface area contributed by atoms with Gasteiger partial charge in [0.05, 0.1) is 6.10 Å². The van der Waals surface area contributed by atoms with Gasteiger partial charge < -0.3 is 5.11 Å². The molecule has 2 nitrogen and oxygen atoms in total. The van der Waals surface area contributed by atoms with Crippen LogP contribution in [-0.4, -0.2) is 41.9 Å². The predicted molar refractivity (Wildman–Crippen MR) is 40.1 cm³/mol. The van der Waals surface area contributed by atoms with Crippen LogP contribution < -0.4 is 0 Å². The zero-order valence-corrected chi connectivity index (χ0v) is 6.54. The zero-order valence-electron chi connectivity index (χ0n) is 6.54. The van der Waals surface area contributed by atoms with Crippen LogP contribution in [0.2, 0.25) is 0 Å². The Morgan fingerprint density at radius 3 is 2.91 bits per heavy atom. The second kappa shape index (κ2) is 2.72. The SMILES string of the molecule is OC(CF)CN1CCC2CC21. The van der Waals surface area contributed by atoms with Crippen molar-refractivity contribution in [1.29, 1.82) is 0 Å². The number of β-amino-alcohol motifs (C(OH)–C–C–N with tert-alkyl or cyclic N) is 1. The van der Waals surface area contributed by atoms with Crippen LogP contribution in [0.1, 0.15) is 12.8 Å². The second-order valence-electron chi connectivity index (χ2n) is 3.65. The Labute approximate surface area is 66.0 Å². The van der Waals surface area contributed by atoms with Gasteiger partial charge in [-0.25, -0.2) is 4.39 Å². The molecule has 0 spiro atoms. The molecule has 11 heavy (non-hydrogen) atoms. The van der Waals surface area contributed by atoms with Gasteiger partial charge in [-0.3, -0.25) is 4.90 Å². The number of aliphatic hydroxyl groups excluding tert-OH is 1. The third kappa shape index (κ3) is 1.40. The van der Waals surface area contributed by atoms with E-state index in [0.717, 1.165) is 12.5 Å². The van der Waals surface area contributed by atoms with Crippen molar-refractivity contribution in [3.63, 3.8) is 0 Å². The molecule has 0 aromatic rings. The molecule has 3 unspecified atom stereocenters. The van der Waals surface area contributed by atoms with Crippen molar-refractivity contribution in [3.8, 4) is 0 Å². The van der Waals surface area contributed by atoms with E-state index in [1.807, 2.05) is 0 Å². The Hall–Kier alpha value is -0.150. The highest BCUT2D eigenvalue weighted by Gasteiger charge is 2.46. The Morgan fingerprint density at radius 2 is 2.45 bits per heavy atom. The van der Waals surface area contributed by atoms with E-state index < -0.39 is 12.8 Å². The number of rotatable bonds is 3. The first-order valence-corrected chi connectivity index (χ1v) is 4.29. The fraction of sp³-hybridized carbons (Fsp3) is 1.00. The van der Waals surface area contributed by atoms with Gasteiger partial charge in [-0.05, 0) is 25.3 Å². The van der Waals surface area contributed by atoms with Crippen molar-refractivity contribution in [2.45, 2.75) is 25.0 Å². The molecule has 3 atom stereocenters. The quantitative estimate of drug-likeness (QED) is 0.644. The molecular weight excluding hydrogens is 145 g/mol. The van der Waals surface area contributed by atoms with Crippen LogP contribution in [0.25, 0.3) is 0 Å². The van der Waals surface area contributed by atoms with E-state index in [4.69, 9.17) is 5.11 Å². The largest absolute Gasteiger partial charge is 0.389 e. The lowest BCUT2D eigenvalue weighted by Crippen LogP contribution is -2.33. The molecule has 0 radical (unpaired) electrons. The number of hydrogen-bond acceptors (Lipinski definition) is 2. The molecular formula is C8H14FNO. The summed E-state index contributed by atoms with van der Waals surface area (Å²) in [5.74, 6) is 0.877. The summed E-state index contributed by atoms with van der Waals surface area (Å²) >= 11 is 0. The van der Waals surface area contributed by atoms with Crippen molar-refractivity contribution >= 4 is 0 Å². The molecule has 2 aliphatic rings. The maximum Gasteiger partial charge on any atom is 0.117 e. The highest BCUT2D eigenvalue weighted by molar-refractivity contribution is 5.01. The fourth-order valence-corrected chi connectivity index (χ4v) is 2.03. The molecule has 1 aliphatic carbocycles. The Morgan fingerprint density at radius 1 is 1.64 bits per heavy atom. The van der Waals surface area contributed by atoms with Gasteiger partial charge in [0, 0.05) is 12.6 Å². The molecule has 1 aliphatic heterocycles. The van der Waals surface area contributed by atoms with Crippen LogP contribution in [-0.2, 0) is 0 Å². The maximum absolute atomic E-state index is 11.9. The number of alkyl halides is 1. The normalized spacial score (nSPS) is 38.7. The van der Waals surface area contributed by atoms with Crippen LogP contribution >= 0.6 is 0 Å². The van der Waals surface area contributed by atoms with Crippen molar-refractivity contribution in [2.24, 2.45) is 5.92 Å². The number of fused-ring (bicyclic) bond motifs is 1. The van der Waals surface area contributed by atoms with Gasteiger partial charge in [-0.15, -0.1) is 0 Å². The number of aliphatic hydroxyl groups is 1. The molecule has 3 heteroatoms. The molecule has 2 fully saturated rings. The number of nitrogens with zero attached hydrogens (tertiary/aromatic N) is 1. The Bertz CT molecular complexity index is 153. The van der Waals surface area contributed by atoms with Gasteiger partial charge in [0.15, 0.2) is 0 Å². The average molecular weight is 159 g/mol. The first kappa shape index (κ1) is 7.50. The summed E-state index contributed by atoms with van der Waals surface area (Å²) in [6, 6.07) is 0.691. The number of halogens is 1. The molecule has 2 rings (SSSR count). The summed E-state index contributed by atoms with van der Waals surface area (Å²) in [4.78, 5) is 2.22. The summed E-state index contributed by atoms with van der Waals surface area (Å²) in [5, 5.41) is 9.04. The molecule has 1 heterocycles. The lowest BCUT2D eigenvalue weighted by atomic mass is 10.3. The third-order valence-electron chi connectivity index (χ3n) is 2.76. The summed E-state index contributed by atoms with van der Waals surface area (Å²) in [5.41, 5.74) is 0. The summed E-state index contributed by atoms with van der Waals surface area (Å²) in [6.07, 6.45) is 1.78. The predicted octanol–water partition coefficient (Wildman–Crippen LogP) is 0.411. The lowest BCUT2D eigenvalue weighted by Gasteiger charge is -2.19. The lowest BCUT2D eigenvalue weighted by molar-refractivity contribution is 0.0930. The van der Waals surface area contributed by atoms with Crippen LogP contribution in [0.5, 0.6) is 0 Å². The van der Waals surface area contributed by atoms with Crippen molar-refractivity contribution < 1.29 is 9.50 Å². The molecule has 0 amide bonds. The summed E-state index contributed by atoms with van der Waals surface area (Å²) in [7, 11) is 0. The summed E-state index contributed by atoms with van der Waals surface area (Å²) < 4.78 is 11.9. The van der Waals surface area contributed by atoms with E-state index in [1.54, 1.807) is 0 Å². The Balaban J connectivity index is 1.77. The molecule has 1 saturated heterocycles. The van der Waals surface area contributed by atoms with Crippen LogP contribution in [0.15, 0.2) is 0 Å². The van der Waals surface area contributed by atoms with Crippen LogP contribution in [0, 0.1) is 5.92 Å². The minimum Gasteiger partial charge on any atom is -0.389 e. The summed E-state index contributed by atoms with van der Waals surface area (Å²) in [6.45, 7) is 0.998. The number of piperidine rings is 1. The second-order valence-corrected chi connectivity index (χ2v) is 3.65. The first-order chi connectivity index (χ1) is 5.31. The minimum atomic E-state index is -0.755. The van der Waals surface area contributed by atoms with E-state index >= 15 is 0 Å². The topological polar surface area (TPSA) is 23.5 Å². The van der Waals surface area contributed by atoms with Crippen LogP contribution in [0.4, 0.5) is 4.39 Å². The van der Waals surface area contributed by atoms with Crippen molar-refractivity contribution in [2.75, 3.05) is 19.8 Å². The smallest absolute Gasteiger partial charge is 0.117 e.